The van der Waals surface area contributed by atoms with Gasteiger partial charge >= 0.3 is 0 Å². The van der Waals surface area contributed by atoms with Crippen LogP contribution in [-0.2, 0) is 11.2 Å². The topological polar surface area (TPSA) is 35.6 Å². The minimum Gasteiger partial charge on any atom is -0.339 e. The molecule has 110 valence electrons. The Hall–Kier alpha value is -1.46. The van der Waals surface area contributed by atoms with Crippen LogP contribution in [0.15, 0.2) is 24.3 Å². The third-order valence-electron chi connectivity index (χ3n) is 3.61. The van der Waals surface area contributed by atoms with Crippen molar-refractivity contribution in [2.75, 3.05) is 46.3 Å². The second kappa shape index (κ2) is 7.36. The van der Waals surface area contributed by atoms with Gasteiger partial charge in [-0.15, -0.1) is 0 Å². The summed E-state index contributed by atoms with van der Waals surface area (Å²) >= 11 is 0. The van der Waals surface area contributed by atoms with Crippen LogP contribution in [0, 0.1) is 5.82 Å². The van der Waals surface area contributed by atoms with Crippen LogP contribution in [0.3, 0.4) is 0 Å². The zero-order chi connectivity index (χ0) is 14.4. The van der Waals surface area contributed by atoms with Gasteiger partial charge in [0, 0.05) is 26.2 Å². The predicted molar refractivity (Wildman–Crippen MR) is 77.1 cm³/mol. The standard InChI is InChI=1S/C15H22FN3O/c1-18-7-9-19(10-8-18)15(20)12-17-6-5-13-3-2-4-14(16)11-13/h2-4,11,17H,5-10,12H2,1H3. The first-order valence-corrected chi connectivity index (χ1v) is 7.06. The highest BCUT2D eigenvalue weighted by molar-refractivity contribution is 5.78. The number of benzene rings is 1. The van der Waals surface area contributed by atoms with E-state index in [1.54, 1.807) is 6.07 Å². The number of nitrogens with one attached hydrogen (secondary N) is 1. The Morgan fingerprint density at radius 3 is 2.75 bits per heavy atom. The maximum absolute atomic E-state index is 13.0. The summed E-state index contributed by atoms with van der Waals surface area (Å²) < 4.78 is 13.0. The van der Waals surface area contributed by atoms with Crippen LogP contribution in [0.2, 0.25) is 0 Å². The van der Waals surface area contributed by atoms with E-state index in [-0.39, 0.29) is 11.7 Å². The largest absolute Gasteiger partial charge is 0.339 e. The number of rotatable bonds is 5. The third kappa shape index (κ3) is 4.58. The van der Waals surface area contributed by atoms with Crippen molar-refractivity contribution in [3.05, 3.63) is 35.6 Å². The molecule has 0 saturated carbocycles. The predicted octanol–water partition coefficient (Wildman–Crippen LogP) is 0.732. The van der Waals surface area contributed by atoms with E-state index in [2.05, 4.69) is 17.3 Å². The Morgan fingerprint density at radius 1 is 1.30 bits per heavy atom. The molecule has 5 heteroatoms. The van der Waals surface area contributed by atoms with E-state index < -0.39 is 0 Å². The van der Waals surface area contributed by atoms with E-state index in [4.69, 9.17) is 0 Å². The Labute approximate surface area is 119 Å². The first kappa shape index (κ1) is 14.9. The lowest BCUT2D eigenvalue weighted by Crippen LogP contribution is -2.49. The average Bonchev–Trinajstić information content (AvgIpc) is 2.44. The van der Waals surface area contributed by atoms with Gasteiger partial charge < -0.3 is 15.1 Å². The highest BCUT2D eigenvalue weighted by Crippen LogP contribution is 2.03. The van der Waals surface area contributed by atoms with E-state index in [1.807, 2.05) is 11.0 Å². The van der Waals surface area contributed by atoms with Gasteiger partial charge in [-0.3, -0.25) is 4.79 Å². The highest BCUT2D eigenvalue weighted by Gasteiger charge is 2.18. The van der Waals surface area contributed by atoms with Crippen LogP contribution in [0.25, 0.3) is 0 Å². The number of carbonyl (C=O) groups excluding carboxylic acids is 1. The second-order valence-corrected chi connectivity index (χ2v) is 5.24. The van der Waals surface area contributed by atoms with Crippen LogP contribution in [-0.4, -0.2) is 62.0 Å². The van der Waals surface area contributed by atoms with Gasteiger partial charge in [0.25, 0.3) is 0 Å². The van der Waals surface area contributed by atoms with E-state index in [9.17, 15) is 9.18 Å². The summed E-state index contributed by atoms with van der Waals surface area (Å²) in [6.07, 6.45) is 0.730. The minimum absolute atomic E-state index is 0.150. The molecule has 1 aromatic carbocycles. The van der Waals surface area contributed by atoms with Gasteiger partial charge in [0.05, 0.1) is 6.54 Å². The fourth-order valence-corrected chi connectivity index (χ4v) is 2.29. The lowest BCUT2D eigenvalue weighted by molar-refractivity contribution is -0.131. The molecule has 0 aromatic heterocycles. The summed E-state index contributed by atoms with van der Waals surface area (Å²) in [7, 11) is 2.07. The molecule has 1 aromatic rings. The summed E-state index contributed by atoms with van der Waals surface area (Å²) in [4.78, 5) is 16.1. The fourth-order valence-electron chi connectivity index (χ4n) is 2.29. The summed E-state index contributed by atoms with van der Waals surface area (Å²) in [5.41, 5.74) is 0.949. The third-order valence-corrected chi connectivity index (χ3v) is 3.61. The van der Waals surface area contributed by atoms with E-state index in [0.717, 1.165) is 38.2 Å². The number of carbonyl (C=O) groups is 1. The highest BCUT2D eigenvalue weighted by atomic mass is 19.1. The maximum Gasteiger partial charge on any atom is 0.236 e. The number of hydrogen-bond acceptors (Lipinski definition) is 3. The Kier molecular flexibility index (Phi) is 5.49. The van der Waals surface area contributed by atoms with Crippen LogP contribution in [0.4, 0.5) is 4.39 Å². The molecule has 0 spiro atoms. The molecular formula is C15H22FN3O. The van der Waals surface area contributed by atoms with Crippen LogP contribution in [0.5, 0.6) is 0 Å². The van der Waals surface area contributed by atoms with Crippen molar-refractivity contribution in [2.24, 2.45) is 0 Å². The zero-order valence-electron chi connectivity index (χ0n) is 11.9. The summed E-state index contributed by atoms with van der Waals surface area (Å²) in [6, 6.07) is 6.57. The monoisotopic (exact) mass is 279 g/mol. The zero-order valence-corrected chi connectivity index (χ0v) is 11.9. The van der Waals surface area contributed by atoms with Crippen LogP contribution in [0.1, 0.15) is 5.56 Å². The van der Waals surface area contributed by atoms with Crippen molar-refractivity contribution in [3.8, 4) is 0 Å². The summed E-state index contributed by atoms with van der Waals surface area (Å²) in [5, 5.41) is 3.13. The number of likely N-dealkylation sites (N-methyl/N-ethyl adjacent to an activating group) is 1. The number of amides is 1. The van der Waals surface area contributed by atoms with Crippen molar-refractivity contribution in [2.45, 2.75) is 6.42 Å². The van der Waals surface area contributed by atoms with Crippen molar-refractivity contribution in [1.29, 1.82) is 0 Å². The number of nitrogens with zero attached hydrogens (tertiary/aromatic N) is 2. The van der Waals surface area contributed by atoms with E-state index in [0.29, 0.717) is 13.1 Å². The molecule has 2 rings (SSSR count). The van der Waals surface area contributed by atoms with Crippen LogP contribution < -0.4 is 5.32 Å². The minimum atomic E-state index is -0.212. The van der Waals surface area contributed by atoms with Gasteiger partial charge in [-0.2, -0.15) is 0 Å². The van der Waals surface area contributed by atoms with Crippen molar-refractivity contribution >= 4 is 5.91 Å². The fraction of sp³-hybridized carbons (Fsp3) is 0.533. The number of halogens is 1. The Balaban J connectivity index is 1.64. The van der Waals surface area contributed by atoms with Gasteiger partial charge in [0.1, 0.15) is 5.82 Å². The molecule has 20 heavy (non-hydrogen) atoms. The lowest BCUT2D eigenvalue weighted by Gasteiger charge is -2.32. The average molecular weight is 279 g/mol. The quantitative estimate of drug-likeness (QED) is 0.807. The van der Waals surface area contributed by atoms with Crippen LogP contribution >= 0.6 is 0 Å². The molecule has 0 unspecified atom stereocenters. The Morgan fingerprint density at radius 2 is 2.05 bits per heavy atom. The molecule has 1 fully saturated rings. The maximum atomic E-state index is 13.0. The summed E-state index contributed by atoms with van der Waals surface area (Å²) in [5.74, 6) is -0.0617. The molecule has 1 aliphatic heterocycles. The molecule has 0 aliphatic carbocycles. The lowest BCUT2D eigenvalue weighted by atomic mass is 10.1. The first-order chi connectivity index (χ1) is 9.65. The van der Waals surface area contributed by atoms with Gasteiger partial charge in [-0.1, -0.05) is 12.1 Å². The molecular weight excluding hydrogens is 257 g/mol. The SMILES string of the molecule is CN1CCN(C(=O)CNCCc2cccc(F)c2)CC1. The smallest absolute Gasteiger partial charge is 0.236 e. The van der Waals surface area contributed by atoms with E-state index >= 15 is 0 Å². The van der Waals surface area contributed by atoms with Crippen molar-refractivity contribution in [3.63, 3.8) is 0 Å². The first-order valence-electron chi connectivity index (χ1n) is 7.06. The number of piperazine rings is 1. The summed E-state index contributed by atoms with van der Waals surface area (Å²) in [6.45, 7) is 4.54. The Bertz CT molecular complexity index is 444. The molecule has 0 atom stereocenters. The van der Waals surface area contributed by atoms with Gasteiger partial charge in [-0.25, -0.2) is 4.39 Å². The molecule has 0 radical (unpaired) electrons. The molecule has 4 nitrogen and oxygen atoms in total. The molecule has 1 aliphatic rings. The van der Waals surface area contributed by atoms with Gasteiger partial charge in [0.2, 0.25) is 5.91 Å². The molecule has 0 bridgehead atoms. The van der Waals surface area contributed by atoms with Gasteiger partial charge in [-0.05, 0) is 37.7 Å². The molecule has 1 N–H and O–H groups in total. The molecule has 1 amide bonds. The second-order valence-electron chi connectivity index (χ2n) is 5.24. The number of hydrogen-bond donors (Lipinski definition) is 1. The van der Waals surface area contributed by atoms with E-state index in [1.165, 1.54) is 12.1 Å². The van der Waals surface area contributed by atoms with Crippen molar-refractivity contribution < 1.29 is 9.18 Å². The normalized spacial score (nSPS) is 16.4. The van der Waals surface area contributed by atoms with Crippen molar-refractivity contribution in [1.82, 2.24) is 15.1 Å². The van der Waals surface area contributed by atoms with Gasteiger partial charge in [0.15, 0.2) is 0 Å². The molecule has 1 saturated heterocycles. The molecule has 1 heterocycles.